The number of nitrogens with one attached hydrogen (secondary N) is 1. The van der Waals surface area contributed by atoms with E-state index < -0.39 is 0 Å². The number of carbonyl (C=O) groups excluding carboxylic acids is 1. The van der Waals surface area contributed by atoms with Gasteiger partial charge in [0.25, 0.3) is 5.91 Å². The first-order valence-electron chi connectivity index (χ1n) is 8.97. The van der Waals surface area contributed by atoms with Crippen molar-refractivity contribution in [3.05, 3.63) is 41.1 Å². The predicted octanol–water partition coefficient (Wildman–Crippen LogP) is 1.34. The van der Waals surface area contributed by atoms with E-state index in [4.69, 9.17) is 9.47 Å². The van der Waals surface area contributed by atoms with Gasteiger partial charge in [0.05, 0.1) is 26.0 Å². The summed E-state index contributed by atoms with van der Waals surface area (Å²) in [6.07, 6.45) is 1.75. The molecule has 1 saturated heterocycles. The van der Waals surface area contributed by atoms with Crippen molar-refractivity contribution in [3.63, 3.8) is 0 Å². The number of hydrogen-bond acceptors (Lipinski definition) is 7. The summed E-state index contributed by atoms with van der Waals surface area (Å²) in [7, 11) is 1.63. The number of methoxy groups -OCH3 is 1. The second kappa shape index (κ2) is 7.13. The van der Waals surface area contributed by atoms with Crippen LogP contribution >= 0.6 is 0 Å². The monoisotopic (exact) mass is 369 g/mol. The minimum atomic E-state index is -0.233. The maximum absolute atomic E-state index is 13.0. The molecule has 0 radical (unpaired) electrons. The summed E-state index contributed by atoms with van der Waals surface area (Å²) in [4.78, 5) is 23.6. The lowest BCUT2D eigenvalue weighted by molar-refractivity contribution is -0.0138. The van der Waals surface area contributed by atoms with Gasteiger partial charge in [-0.25, -0.2) is 20.4 Å². The fraction of sp³-hybridized carbons (Fsp3) is 0.421. The Bertz CT molecular complexity index is 861. The second-order valence-electron chi connectivity index (χ2n) is 6.73. The number of carbonyl (C=O) groups is 1. The second-order valence-corrected chi connectivity index (χ2v) is 6.73. The lowest BCUT2D eigenvalue weighted by atomic mass is 10.1. The minimum Gasteiger partial charge on any atom is -0.496 e. The molecule has 1 aromatic carbocycles. The Kier molecular flexibility index (Phi) is 4.67. The van der Waals surface area contributed by atoms with Crippen molar-refractivity contribution < 1.29 is 14.3 Å². The van der Waals surface area contributed by atoms with Crippen molar-refractivity contribution in [1.29, 1.82) is 0 Å². The van der Waals surface area contributed by atoms with Crippen LogP contribution in [0.1, 0.15) is 22.8 Å². The van der Waals surface area contributed by atoms with E-state index in [9.17, 15) is 4.79 Å². The Morgan fingerprint density at radius 2 is 2.22 bits per heavy atom. The van der Waals surface area contributed by atoms with Crippen molar-refractivity contribution in [2.75, 3.05) is 33.5 Å². The van der Waals surface area contributed by atoms with Gasteiger partial charge >= 0.3 is 0 Å². The smallest absolute Gasteiger partial charge is 0.254 e. The molecule has 27 heavy (non-hydrogen) atoms. The number of rotatable bonds is 3. The zero-order valence-corrected chi connectivity index (χ0v) is 15.7. The lowest BCUT2D eigenvalue weighted by Gasteiger charge is -2.37. The van der Waals surface area contributed by atoms with Gasteiger partial charge in [-0.15, -0.1) is 0 Å². The number of benzene rings is 1. The number of morpholine rings is 1. The summed E-state index contributed by atoms with van der Waals surface area (Å²) < 4.78 is 11.3. The highest BCUT2D eigenvalue weighted by molar-refractivity contribution is 6.05. The lowest BCUT2D eigenvalue weighted by Crippen LogP contribution is -2.51. The standard InChI is InChI=1S/C19H23N5O3/c1-12-8-14(4-5-16(12)26-3)18(25)23-6-7-27-17(10-23)15-9-13(2)22-19-20-11-21-24(15)19/h4-5,8-9,17,21H,6-7,10-11H2,1-3H3. The van der Waals surface area contributed by atoms with Crippen LogP contribution in [0.5, 0.6) is 5.75 Å². The van der Waals surface area contributed by atoms with Crippen LogP contribution in [-0.2, 0) is 4.74 Å². The van der Waals surface area contributed by atoms with E-state index >= 15 is 0 Å². The zero-order valence-electron chi connectivity index (χ0n) is 15.7. The molecule has 0 aromatic heterocycles. The largest absolute Gasteiger partial charge is 0.496 e. The van der Waals surface area contributed by atoms with Crippen LogP contribution in [0.25, 0.3) is 0 Å². The molecule has 1 fully saturated rings. The summed E-state index contributed by atoms with van der Waals surface area (Å²) in [5.41, 5.74) is 6.59. The summed E-state index contributed by atoms with van der Waals surface area (Å²) >= 11 is 0. The van der Waals surface area contributed by atoms with Crippen molar-refractivity contribution in [1.82, 2.24) is 15.3 Å². The average Bonchev–Trinajstić information content (AvgIpc) is 3.15. The van der Waals surface area contributed by atoms with Crippen LogP contribution in [0.3, 0.4) is 0 Å². The molecule has 8 heteroatoms. The van der Waals surface area contributed by atoms with Gasteiger partial charge < -0.3 is 14.4 Å². The number of ether oxygens (including phenoxy) is 2. The van der Waals surface area contributed by atoms with Crippen molar-refractivity contribution in [3.8, 4) is 5.75 Å². The maximum atomic E-state index is 13.0. The van der Waals surface area contributed by atoms with Crippen molar-refractivity contribution >= 4 is 17.6 Å². The van der Waals surface area contributed by atoms with E-state index in [2.05, 4.69) is 15.4 Å². The Morgan fingerprint density at radius 3 is 3.00 bits per heavy atom. The molecule has 0 aliphatic carbocycles. The van der Waals surface area contributed by atoms with Crippen LogP contribution in [0.2, 0.25) is 0 Å². The number of fused-ring (bicyclic) bond motifs is 1. The number of amides is 1. The van der Waals surface area contributed by atoms with Gasteiger partial charge in [0, 0.05) is 17.8 Å². The van der Waals surface area contributed by atoms with E-state index in [1.165, 1.54) is 0 Å². The van der Waals surface area contributed by atoms with Crippen LogP contribution in [0, 0.1) is 6.92 Å². The predicted molar refractivity (Wildman–Crippen MR) is 102 cm³/mol. The Morgan fingerprint density at radius 1 is 1.37 bits per heavy atom. The normalized spacial score (nSPS) is 22.0. The molecule has 3 heterocycles. The number of aryl methyl sites for hydroxylation is 1. The third-order valence-corrected chi connectivity index (χ3v) is 4.87. The number of aliphatic imine (C=N–C) groups is 2. The molecule has 0 spiro atoms. The fourth-order valence-electron chi connectivity index (χ4n) is 3.52. The van der Waals surface area contributed by atoms with Gasteiger partial charge in [-0.2, -0.15) is 0 Å². The van der Waals surface area contributed by atoms with Gasteiger partial charge in [-0.3, -0.25) is 4.79 Å². The van der Waals surface area contributed by atoms with Gasteiger partial charge in [-0.05, 0) is 43.7 Å². The maximum Gasteiger partial charge on any atom is 0.254 e. The number of guanidine groups is 1. The third-order valence-electron chi connectivity index (χ3n) is 4.87. The fourth-order valence-corrected chi connectivity index (χ4v) is 3.52. The molecular weight excluding hydrogens is 346 g/mol. The van der Waals surface area contributed by atoms with E-state index in [0.717, 1.165) is 22.7 Å². The number of hydrazine groups is 1. The van der Waals surface area contributed by atoms with Crippen molar-refractivity contribution in [2.45, 2.75) is 20.0 Å². The first-order valence-corrected chi connectivity index (χ1v) is 8.97. The first-order chi connectivity index (χ1) is 13.1. The Hall–Kier alpha value is -2.71. The van der Waals surface area contributed by atoms with Crippen LogP contribution in [0.15, 0.2) is 40.0 Å². The summed E-state index contributed by atoms with van der Waals surface area (Å²) in [6.45, 7) is 5.89. The van der Waals surface area contributed by atoms with E-state index in [1.54, 1.807) is 7.11 Å². The summed E-state index contributed by atoms with van der Waals surface area (Å²) in [5, 5.41) is 1.85. The molecule has 1 N–H and O–H groups in total. The number of allylic oxidation sites excluding steroid dienone is 1. The van der Waals surface area contributed by atoms with E-state index in [-0.39, 0.29) is 12.0 Å². The molecule has 3 aliphatic rings. The molecule has 0 saturated carbocycles. The first kappa shape index (κ1) is 17.7. The van der Waals surface area contributed by atoms with Gasteiger partial charge in [0.15, 0.2) is 0 Å². The molecule has 1 aromatic rings. The van der Waals surface area contributed by atoms with Crippen LogP contribution in [0.4, 0.5) is 0 Å². The molecule has 3 aliphatic heterocycles. The molecule has 1 amide bonds. The molecule has 1 unspecified atom stereocenters. The topological polar surface area (TPSA) is 78.8 Å². The zero-order chi connectivity index (χ0) is 19.0. The highest BCUT2D eigenvalue weighted by Crippen LogP contribution is 2.24. The van der Waals surface area contributed by atoms with Crippen LogP contribution < -0.4 is 10.2 Å². The van der Waals surface area contributed by atoms with Crippen LogP contribution in [-0.4, -0.2) is 67.1 Å². The third kappa shape index (κ3) is 3.33. The van der Waals surface area contributed by atoms with Crippen molar-refractivity contribution in [2.24, 2.45) is 9.98 Å². The van der Waals surface area contributed by atoms with Gasteiger partial charge in [-0.1, -0.05) is 0 Å². The number of hydrogen-bond donors (Lipinski definition) is 1. The van der Waals surface area contributed by atoms with Gasteiger partial charge in [0.1, 0.15) is 18.5 Å². The molecule has 1 atom stereocenters. The molecule has 8 nitrogen and oxygen atoms in total. The summed E-state index contributed by atoms with van der Waals surface area (Å²) in [5.74, 6) is 1.42. The van der Waals surface area contributed by atoms with E-state index in [1.807, 2.05) is 48.0 Å². The Balaban J connectivity index is 1.53. The quantitative estimate of drug-likeness (QED) is 0.870. The van der Waals surface area contributed by atoms with Gasteiger partial charge in [0.2, 0.25) is 5.96 Å². The highest BCUT2D eigenvalue weighted by Gasteiger charge is 2.34. The SMILES string of the molecule is COc1ccc(C(=O)N2CCOC(C3=CC(C)=NC4=NCNN34)C2)cc1C. The Labute approximate surface area is 158 Å². The highest BCUT2D eigenvalue weighted by atomic mass is 16.5. The molecule has 4 rings (SSSR count). The number of nitrogens with zero attached hydrogens (tertiary/aromatic N) is 4. The minimum absolute atomic E-state index is 0.000812. The molecule has 0 bridgehead atoms. The summed E-state index contributed by atoms with van der Waals surface area (Å²) in [6, 6.07) is 5.51. The van der Waals surface area contributed by atoms with E-state index in [0.29, 0.717) is 37.9 Å². The average molecular weight is 369 g/mol. The molecular formula is C19H23N5O3. The molecule has 142 valence electrons.